The summed E-state index contributed by atoms with van der Waals surface area (Å²) in [6.07, 6.45) is 4.38. The molecule has 2 nitrogen and oxygen atoms in total. The number of rotatable bonds is 2. The highest BCUT2D eigenvalue weighted by Gasteiger charge is 1.94. The lowest BCUT2D eigenvalue weighted by molar-refractivity contribution is -0.140. The van der Waals surface area contributed by atoms with Crippen LogP contribution < -0.4 is 0 Å². The van der Waals surface area contributed by atoms with Gasteiger partial charge < -0.3 is 4.74 Å². The van der Waals surface area contributed by atoms with E-state index in [0.29, 0.717) is 12.8 Å². The first-order valence-electron chi connectivity index (χ1n) is 3.97. The van der Waals surface area contributed by atoms with Crippen LogP contribution in [-0.4, -0.2) is 13.1 Å². The van der Waals surface area contributed by atoms with Crippen molar-refractivity contribution >= 4 is 5.97 Å². The number of hydrogen-bond acceptors (Lipinski definition) is 2. The molecule has 0 aliphatic carbocycles. The normalized spacial score (nSPS) is 8.15. The highest BCUT2D eigenvalue weighted by molar-refractivity contribution is 5.69. The van der Waals surface area contributed by atoms with Crippen LogP contribution in [0, 0.1) is 23.7 Å². The summed E-state index contributed by atoms with van der Waals surface area (Å²) in [4.78, 5) is 10.6. The Morgan fingerprint density at radius 1 is 1.46 bits per heavy atom. The van der Waals surface area contributed by atoms with Crippen molar-refractivity contribution < 1.29 is 9.53 Å². The lowest BCUT2D eigenvalue weighted by atomic mass is 10.3. The fourth-order valence-electron chi connectivity index (χ4n) is 0.534. The van der Waals surface area contributed by atoms with Gasteiger partial charge in [-0.05, 0) is 24.8 Å². The Labute approximate surface area is 79.0 Å². The topological polar surface area (TPSA) is 26.3 Å². The number of carbonyl (C=O) groups excluding carboxylic acids is 1. The maximum Gasteiger partial charge on any atom is 0.306 e. The zero-order chi connectivity index (χ0) is 9.94. The van der Waals surface area contributed by atoms with E-state index in [1.54, 1.807) is 6.08 Å². The van der Waals surface area contributed by atoms with E-state index in [-0.39, 0.29) is 5.97 Å². The third kappa shape index (κ3) is 8.23. The largest absolute Gasteiger partial charge is 0.469 e. The summed E-state index contributed by atoms with van der Waals surface area (Å²) in [5, 5.41) is 0. The average Bonchev–Trinajstić information content (AvgIpc) is 2.16. The number of ether oxygens (including phenoxy) is 1. The standard InChI is InChI=1S/C11H12O2/c1-3-4-5-6-7-8-9-10-11(12)13-2/h3-4H,9-10H2,1-2H3/b4-3+. The predicted molar refractivity (Wildman–Crippen MR) is 51.6 cm³/mol. The number of methoxy groups -OCH3 is 1. The first-order valence-corrected chi connectivity index (χ1v) is 3.97. The summed E-state index contributed by atoms with van der Waals surface area (Å²) in [5.41, 5.74) is 0. The summed E-state index contributed by atoms with van der Waals surface area (Å²) in [6, 6.07) is 0. The zero-order valence-corrected chi connectivity index (χ0v) is 7.89. The quantitative estimate of drug-likeness (QED) is 0.471. The monoisotopic (exact) mass is 176 g/mol. The molecule has 0 bridgehead atoms. The van der Waals surface area contributed by atoms with Crippen LogP contribution in [-0.2, 0) is 9.53 Å². The van der Waals surface area contributed by atoms with Crippen molar-refractivity contribution in [3.8, 4) is 23.7 Å². The van der Waals surface area contributed by atoms with Gasteiger partial charge in [0.2, 0.25) is 0 Å². The van der Waals surface area contributed by atoms with Crippen molar-refractivity contribution in [2.75, 3.05) is 7.11 Å². The molecule has 0 aromatic carbocycles. The molecule has 0 saturated heterocycles. The van der Waals surface area contributed by atoms with Gasteiger partial charge in [-0.1, -0.05) is 17.9 Å². The zero-order valence-electron chi connectivity index (χ0n) is 7.89. The molecule has 68 valence electrons. The van der Waals surface area contributed by atoms with E-state index in [9.17, 15) is 4.79 Å². The van der Waals surface area contributed by atoms with Gasteiger partial charge in [-0.3, -0.25) is 4.79 Å². The van der Waals surface area contributed by atoms with Gasteiger partial charge in [0.1, 0.15) is 0 Å². The molecule has 0 aliphatic heterocycles. The van der Waals surface area contributed by atoms with Crippen molar-refractivity contribution in [2.45, 2.75) is 19.8 Å². The van der Waals surface area contributed by atoms with Crippen LogP contribution in [0.25, 0.3) is 0 Å². The van der Waals surface area contributed by atoms with Gasteiger partial charge in [-0.15, -0.1) is 0 Å². The van der Waals surface area contributed by atoms with Gasteiger partial charge in [0, 0.05) is 6.42 Å². The molecule has 2 heteroatoms. The van der Waals surface area contributed by atoms with Gasteiger partial charge in [0.15, 0.2) is 0 Å². The molecule has 0 aromatic heterocycles. The molecule has 0 spiro atoms. The Morgan fingerprint density at radius 2 is 2.23 bits per heavy atom. The molecule has 0 N–H and O–H groups in total. The summed E-state index contributed by atoms with van der Waals surface area (Å²) < 4.78 is 4.44. The van der Waals surface area contributed by atoms with Crippen LogP contribution >= 0.6 is 0 Å². The van der Waals surface area contributed by atoms with E-state index < -0.39 is 0 Å². The fourth-order valence-corrected chi connectivity index (χ4v) is 0.534. The van der Waals surface area contributed by atoms with Gasteiger partial charge >= 0.3 is 5.97 Å². The van der Waals surface area contributed by atoms with Gasteiger partial charge in [-0.2, -0.15) is 0 Å². The summed E-state index contributed by atoms with van der Waals surface area (Å²) >= 11 is 0. The molecule has 0 unspecified atom stereocenters. The van der Waals surface area contributed by atoms with Crippen LogP contribution in [0.1, 0.15) is 19.8 Å². The Morgan fingerprint density at radius 3 is 2.85 bits per heavy atom. The summed E-state index contributed by atoms with van der Waals surface area (Å²) in [7, 11) is 1.36. The molecule has 0 fully saturated rings. The van der Waals surface area contributed by atoms with Crippen molar-refractivity contribution in [1.82, 2.24) is 0 Å². The highest BCUT2D eigenvalue weighted by Crippen LogP contribution is 1.88. The predicted octanol–water partition coefficient (Wildman–Crippen LogP) is 1.52. The second kappa shape index (κ2) is 8.43. The minimum Gasteiger partial charge on any atom is -0.469 e. The second-order valence-corrected chi connectivity index (χ2v) is 2.15. The number of allylic oxidation sites excluding steroid dienone is 2. The first kappa shape index (κ1) is 11.3. The molecule has 13 heavy (non-hydrogen) atoms. The molecule has 0 rings (SSSR count). The van der Waals surface area contributed by atoms with Crippen LogP contribution in [0.2, 0.25) is 0 Å². The summed E-state index contributed by atoms with van der Waals surface area (Å²) in [6.45, 7) is 1.89. The SMILES string of the molecule is C/C=C/C#CC#CCCC(=O)OC. The van der Waals surface area contributed by atoms with E-state index in [1.807, 2.05) is 13.0 Å². The fraction of sp³-hybridized carbons (Fsp3) is 0.364. The second-order valence-electron chi connectivity index (χ2n) is 2.15. The molecule has 0 radical (unpaired) electrons. The Balaban J connectivity index is 3.64. The maximum absolute atomic E-state index is 10.6. The lowest BCUT2D eigenvalue weighted by Gasteiger charge is -1.91. The van der Waals surface area contributed by atoms with Crippen molar-refractivity contribution in [3.05, 3.63) is 12.2 Å². The molecule has 0 saturated carbocycles. The Kier molecular flexibility index (Phi) is 7.34. The van der Waals surface area contributed by atoms with Crippen LogP contribution in [0.15, 0.2) is 12.2 Å². The molecular weight excluding hydrogens is 164 g/mol. The van der Waals surface area contributed by atoms with Crippen molar-refractivity contribution in [2.24, 2.45) is 0 Å². The van der Waals surface area contributed by atoms with Crippen LogP contribution in [0.5, 0.6) is 0 Å². The number of esters is 1. The van der Waals surface area contributed by atoms with Gasteiger partial charge in [0.05, 0.1) is 13.5 Å². The molecule has 0 aliphatic rings. The maximum atomic E-state index is 10.6. The number of hydrogen-bond donors (Lipinski definition) is 0. The lowest BCUT2D eigenvalue weighted by Crippen LogP contribution is -1.97. The first-order chi connectivity index (χ1) is 6.31. The molecule has 0 aromatic rings. The summed E-state index contributed by atoms with van der Waals surface area (Å²) in [5.74, 6) is 10.5. The molecule has 0 amide bonds. The Hall–Kier alpha value is -1.67. The third-order valence-corrected chi connectivity index (χ3v) is 1.15. The van der Waals surface area contributed by atoms with Crippen LogP contribution in [0.3, 0.4) is 0 Å². The van der Waals surface area contributed by atoms with Gasteiger partial charge in [0.25, 0.3) is 0 Å². The van der Waals surface area contributed by atoms with E-state index >= 15 is 0 Å². The van der Waals surface area contributed by atoms with E-state index in [0.717, 1.165) is 0 Å². The van der Waals surface area contributed by atoms with E-state index in [1.165, 1.54) is 7.11 Å². The highest BCUT2D eigenvalue weighted by atomic mass is 16.5. The third-order valence-electron chi connectivity index (χ3n) is 1.15. The molecular formula is C11H12O2. The minimum atomic E-state index is -0.240. The van der Waals surface area contributed by atoms with Crippen LogP contribution in [0.4, 0.5) is 0 Å². The minimum absolute atomic E-state index is 0.240. The van der Waals surface area contributed by atoms with Gasteiger partial charge in [-0.25, -0.2) is 0 Å². The van der Waals surface area contributed by atoms with E-state index in [4.69, 9.17) is 0 Å². The van der Waals surface area contributed by atoms with Crippen molar-refractivity contribution in [3.63, 3.8) is 0 Å². The Bertz CT molecular complexity index is 292. The average molecular weight is 176 g/mol. The van der Waals surface area contributed by atoms with E-state index in [2.05, 4.69) is 28.4 Å². The molecule has 0 atom stereocenters. The smallest absolute Gasteiger partial charge is 0.306 e. The molecule has 0 heterocycles. The number of carbonyl (C=O) groups is 1. The van der Waals surface area contributed by atoms with Crippen molar-refractivity contribution in [1.29, 1.82) is 0 Å².